The van der Waals surface area contributed by atoms with Gasteiger partial charge in [-0.1, -0.05) is 12.1 Å². The van der Waals surface area contributed by atoms with Crippen LogP contribution in [-0.2, 0) is 6.42 Å². The molecule has 1 unspecified atom stereocenters. The lowest BCUT2D eigenvalue weighted by Gasteiger charge is -2.19. The van der Waals surface area contributed by atoms with E-state index in [2.05, 4.69) is 35.8 Å². The molecule has 0 saturated carbocycles. The Labute approximate surface area is 111 Å². The maximum atomic E-state index is 9.50. The smallest absolute Gasteiger partial charge is 0.115 e. The van der Waals surface area contributed by atoms with Gasteiger partial charge in [0.15, 0.2) is 0 Å². The molecule has 3 rings (SSSR count). The van der Waals surface area contributed by atoms with E-state index < -0.39 is 0 Å². The number of nitrogens with one attached hydrogen (secondary N) is 1. The Hall–Kier alpha value is -1.32. The highest BCUT2D eigenvalue weighted by Gasteiger charge is 2.24. The Balaban J connectivity index is 1.77. The van der Waals surface area contributed by atoms with E-state index in [9.17, 15) is 5.11 Å². The second kappa shape index (κ2) is 4.75. The number of benzene rings is 1. The number of rotatable bonds is 3. The number of fused-ring (bicyclic) bond motifs is 1. The van der Waals surface area contributed by atoms with Crippen molar-refractivity contribution in [3.8, 4) is 5.75 Å². The first-order valence-electron chi connectivity index (χ1n) is 6.35. The fourth-order valence-electron chi connectivity index (χ4n) is 2.70. The van der Waals surface area contributed by atoms with Crippen LogP contribution >= 0.6 is 11.3 Å². The summed E-state index contributed by atoms with van der Waals surface area (Å²) in [5.74, 6) is 0.376. The van der Waals surface area contributed by atoms with Gasteiger partial charge in [-0.25, -0.2) is 0 Å². The third kappa shape index (κ3) is 2.16. The van der Waals surface area contributed by atoms with E-state index in [0.717, 1.165) is 12.8 Å². The molecule has 94 valence electrons. The van der Waals surface area contributed by atoms with Crippen LogP contribution in [0.4, 0.5) is 0 Å². The van der Waals surface area contributed by atoms with Crippen molar-refractivity contribution >= 4 is 11.3 Å². The summed E-state index contributed by atoms with van der Waals surface area (Å²) in [5.41, 5.74) is 2.63. The zero-order chi connectivity index (χ0) is 12.5. The first-order valence-corrected chi connectivity index (χ1v) is 7.23. The molecule has 0 aliphatic heterocycles. The van der Waals surface area contributed by atoms with Crippen molar-refractivity contribution in [2.75, 3.05) is 0 Å². The summed E-state index contributed by atoms with van der Waals surface area (Å²) in [4.78, 5) is 1.38. The summed E-state index contributed by atoms with van der Waals surface area (Å²) in [6.45, 7) is 2.21. The highest BCUT2D eigenvalue weighted by molar-refractivity contribution is 7.10. The van der Waals surface area contributed by atoms with Crippen molar-refractivity contribution in [2.24, 2.45) is 0 Å². The van der Waals surface area contributed by atoms with Gasteiger partial charge >= 0.3 is 0 Å². The average Bonchev–Trinajstić information content (AvgIpc) is 2.98. The van der Waals surface area contributed by atoms with E-state index >= 15 is 0 Å². The zero-order valence-corrected chi connectivity index (χ0v) is 11.2. The number of hydrogen-bond acceptors (Lipinski definition) is 3. The van der Waals surface area contributed by atoms with E-state index in [1.165, 1.54) is 16.0 Å². The molecule has 18 heavy (non-hydrogen) atoms. The first-order chi connectivity index (χ1) is 8.74. The lowest BCUT2D eigenvalue weighted by atomic mass is 10.1. The molecular weight excluding hydrogens is 242 g/mol. The minimum Gasteiger partial charge on any atom is -0.508 e. The Kier molecular flexibility index (Phi) is 3.10. The predicted molar refractivity (Wildman–Crippen MR) is 75.0 cm³/mol. The van der Waals surface area contributed by atoms with Crippen LogP contribution < -0.4 is 5.32 Å². The predicted octanol–water partition coefficient (Wildman–Crippen LogP) is 3.79. The van der Waals surface area contributed by atoms with E-state index in [1.54, 1.807) is 17.4 Å². The van der Waals surface area contributed by atoms with Gasteiger partial charge in [0.1, 0.15) is 5.75 Å². The number of thiophene rings is 1. The van der Waals surface area contributed by atoms with Crippen molar-refractivity contribution < 1.29 is 5.11 Å². The number of aromatic hydroxyl groups is 1. The van der Waals surface area contributed by atoms with Gasteiger partial charge in [0.05, 0.1) is 0 Å². The van der Waals surface area contributed by atoms with Gasteiger partial charge in [0.2, 0.25) is 0 Å². The number of aryl methyl sites for hydroxylation is 1. The molecule has 3 heteroatoms. The summed E-state index contributed by atoms with van der Waals surface area (Å²) in [6, 6.07) is 10.8. The molecule has 0 radical (unpaired) electrons. The van der Waals surface area contributed by atoms with Crippen molar-refractivity contribution in [1.82, 2.24) is 5.32 Å². The fraction of sp³-hybridized carbons (Fsp3) is 0.333. The van der Waals surface area contributed by atoms with Gasteiger partial charge in [-0.05, 0) is 54.5 Å². The maximum Gasteiger partial charge on any atom is 0.115 e. The van der Waals surface area contributed by atoms with Crippen LogP contribution in [0.15, 0.2) is 35.7 Å². The van der Waals surface area contributed by atoms with Crippen molar-refractivity contribution in [3.63, 3.8) is 0 Å². The van der Waals surface area contributed by atoms with Gasteiger partial charge in [-0.3, -0.25) is 0 Å². The Morgan fingerprint density at radius 1 is 1.39 bits per heavy atom. The third-order valence-electron chi connectivity index (χ3n) is 3.63. The molecule has 2 N–H and O–H groups in total. The molecule has 0 fully saturated rings. The number of phenols is 1. The van der Waals surface area contributed by atoms with Crippen LogP contribution in [0.25, 0.3) is 0 Å². The molecule has 0 saturated heterocycles. The summed E-state index contributed by atoms with van der Waals surface area (Å²) in [6.07, 6.45) is 2.17. The highest BCUT2D eigenvalue weighted by Crippen LogP contribution is 2.35. The summed E-state index contributed by atoms with van der Waals surface area (Å²) < 4.78 is 0. The molecule has 0 spiro atoms. The second-order valence-corrected chi connectivity index (χ2v) is 5.86. The molecular formula is C15H17NOS. The van der Waals surface area contributed by atoms with E-state index in [-0.39, 0.29) is 0 Å². The van der Waals surface area contributed by atoms with Crippen LogP contribution in [-0.4, -0.2) is 5.11 Å². The van der Waals surface area contributed by atoms with Crippen LogP contribution in [0.1, 0.15) is 41.4 Å². The molecule has 0 amide bonds. The van der Waals surface area contributed by atoms with Crippen LogP contribution in [0.3, 0.4) is 0 Å². The normalized spacial score (nSPS) is 19.7. The van der Waals surface area contributed by atoms with E-state index in [1.807, 2.05) is 6.07 Å². The lowest BCUT2D eigenvalue weighted by Crippen LogP contribution is -2.22. The standard InChI is InChI=1S/C15H17NOS/c1-10(15-3-2-8-18-15)16-14-7-4-11-9-12(17)5-6-13(11)14/h2-3,5-6,8-10,14,16-17H,4,7H2,1H3/t10-,14?/m0/s1. The SMILES string of the molecule is C[C@H](NC1CCc2cc(O)ccc21)c1cccs1. The third-order valence-corrected chi connectivity index (χ3v) is 4.68. The summed E-state index contributed by atoms with van der Waals surface area (Å²) >= 11 is 1.80. The quantitative estimate of drug-likeness (QED) is 0.879. The largest absolute Gasteiger partial charge is 0.508 e. The van der Waals surface area contributed by atoms with Gasteiger partial charge in [-0.2, -0.15) is 0 Å². The molecule has 1 aromatic heterocycles. The van der Waals surface area contributed by atoms with Crippen molar-refractivity contribution in [3.05, 3.63) is 51.7 Å². The fourth-order valence-corrected chi connectivity index (χ4v) is 3.44. The van der Waals surface area contributed by atoms with Crippen LogP contribution in [0.5, 0.6) is 5.75 Å². The maximum absolute atomic E-state index is 9.50. The zero-order valence-electron chi connectivity index (χ0n) is 10.4. The first kappa shape index (κ1) is 11.8. The Bertz CT molecular complexity index is 535. The van der Waals surface area contributed by atoms with Gasteiger partial charge in [0, 0.05) is 17.0 Å². The van der Waals surface area contributed by atoms with E-state index in [0.29, 0.717) is 17.8 Å². The summed E-state index contributed by atoms with van der Waals surface area (Å²) in [7, 11) is 0. The molecule has 0 bridgehead atoms. The van der Waals surface area contributed by atoms with E-state index in [4.69, 9.17) is 0 Å². The lowest BCUT2D eigenvalue weighted by molar-refractivity contribution is 0.468. The molecule has 1 aliphatic carbocycles. The topological polar surface area (TPSA) is 32.3 Å². The Morgan fingerprint density at radius 2 is 2.28 bits per heavy atom. The number of phenolic OH excluding ortho intramolecular Hbond substituents is 1. The second-order valence-electron chi connectivity index (χ2n) is 4.88. The highest BCUT2D eigenvalue weighted by atomic mass is 32.1. The van der Waals surface area contributed by atoms with Crippen LogP contribution in [0.2, 0.25) is 0 Å². The van der Waals surface area contributed by atoms with Gasteiger partial charge in [0.25, 0.3) is 0 Å². The molecule has 2 nitrogen and oxygen atoms in total. The summed E-state index contributed by atoms with van der Waals surface area (Å²) in [5, 5.41) is 15.3. The minimum absolute atomic E-state index is 0.376. The van der Waals surface area contributed by atoms with Gasteiger partial charge in [-0.15, -0.1) is 11.3 Å². The molecule has 1 aliphatic rings. The molecule has 1 heterocycles. The molecule has 2 aromatic rings. The average molecular weight is 259 g/mol. The van der Waals surface area contributed by atoms with Gasteiger partial charge < -0.3 is 10.4 Å². The molecule has 2 atom stereocenters. The minimum atomic E-state index is 0.376. The monoisotopic (exact) mass is 259 g/mol. The van der Waals surface area contributed by atoms with Crippen molar-refractivity contribution in [2.45, 2.75) is 31.8 Å². The van der Waals surface area contributed by atoms with Crippen molar-refractivity contribution in [1.29, 1.82) is 0 Å². The number of hydrogen-bond donors (Lipinski definition) is 2. The molecule has 1 aromatic carbocycles. The van der Waals surface area contributed by atoms with Crippen LogP contribution in [0, 0.1) is 0 Å². The Morgan fingerprint density at radius 3 is 3.06 bits per heavy atom.